The summed E-state index contributed by atoms with van der Waals surface area (Å²) in [6.45, 7) is 8.96. The van der Waals surface area contributed by atoms with E-state index in [4.69, 9.17) is 11.6 Å². The highest BCUT2D eigenvalue weighted by atomic mass is 35.5. The van der Waals surface area contributed by atoms with Crippen LogP contribution < -0.4 is 16.0 Å². The van der Waals surface area contributed by atoms with Gasteiger partial charge in [0.15, 0.2) is 0 Å². The number of nitrogens with one attached hydrogen (secondary N) is 3. The van der Waals surface area contributed by atoms with E-state index in [-0.39, 0.29) is 0 Å². The van der Waals surface area contributed by atoms with Crippen LogP contribution in [-0.2, 0) is 6.54 Å². The van der Waals surface area contributed by atoms with Crippen LogP contribution in [0.5, 0.6) is 0 Å². The molecule has 1 saturated heterocycles. The van der Waals surface area contributed by atoms with Crippen molar-refractivity contribution in [2.45, 2.75) is 32.4 Å². The van der Waals surface area contributed by atoms with Crippen molar-refractivity contribution in [1.82, 2.24) is 16.0 Å². The van der Waals surface area contributed by atoms with Gasteiger partial charge >= 0.3 is 0 Å². The molecular weight excluding hydrogens is 258 g/mol. The molecule has 3 N–H and O–H groups in total. The fourth-order valence-electron chi connectivity index (χ4n) is 2.30. The van der Waals surface area contributed by atoms with Crippen LogP contribution in [-0.4, -0.2) is 19.1 Å². The first kappa shape index (κ1) is 14.2. The fourth-order valence-corrected chi connectivity index (χ4v) is 2.42. The molecule has 3 nitrogen and oxygen atoms in total. The lowest BCUT2D eigenvalue weighted by Gasteiger charge is -2.26. The van der Waals surface area contributed by atoms with Gasteiger partial charge in [-0.1, -0.05) is 30.3 Å². The molecule has 0 aromatic heterocycles. The molecule has 1 aliphatic rings. The highest BCUT2D eigenvalue weighted by Crippen LogP contribution is 2.16. The lowest BCUT2D eigenvalue weighted by Crippen LogP contribution is -2.44. The van der Waals surface area contributed by atoms with E-state index in [2.05, 4.69) is 28.6 Å². The van der Waals surface area contributed by atoms with E-state index in [0.29, 0.717) is 6.04 Å². The third-order valence-electron chi connectivity index (χ3n) is 3.40. The molecule has 0 aliphatic carbocycles. The predicted octanol–water partition coefficient (Wildman–Crippen LogP) is 2.55. The van der Waals surface area contributed by atoms with Crippen LogP contribution in [0.2, 0.25) is 5.02 Å². The molecule has 0 spiro atoms. The first-order valence-corrected chi connectivity index (χ1v) is 7.18. The van der Waals surface area contributed by atoms with Gasteiger partial charge in [-0.2, -0.15) is 0 Å². The maximum Gasteiger partial charge on any atom is 0.0917 e. The SMILES string of the molecule is C=C(NCc1ccc(Cl)c(C)c1)NC1CCCNC1. The average molecular weight is 280 g/mol. The first-order chi connectivity index (χ1) is 9.15. The summed E-state index contributed by atoms with van der Waals surface area (Å²) in [7, 11) is 0. The second-order valence-electron chi connectivity index (χ2n) is 5.10. The molecule has 4 heteroatoms. The summed E-state index contributed by atoms with van der Waals surface area (Å²) in [5.74, 6) is 0.890. The van der Waals surface area contributed by atoms with E-state index in [9.17, 15) is 0 Å². The zero-order chi connectivity index (χ0) is 13.7. The molecule has 0 bridgehead atoms. The maximum atomic E-state index is 6.01. The van der Waals surface area contributed by atoms with Crippen molar-refractivity contribution >= 4 is 11.6 Å². The Morgan fingerprint density at radius 3 is 3.05 bits per heavy atom. The molecule has 104 valence electrons. The van der Waals surface area contributed by atoms with Crippen molar-refractivity contribution in [2.24, 2.45) is 0 Å². The minimum atomic E-state index is 0.487. The largest absolute Gasteiger partial charge is 0.368 e. The standard InChI is InChI=1S/C15H22ClN3/c1-11-8-13(5-6-15(11)16)9-18-12(2)19-14-4-3-7-17-10-14/h5-6,8,14,17-19H,2-4,7,9-10H2,1H3. The van der Waals surface area contributed by atoms with Crippen molar-refractivity contribution in [3.05, 3.63) is 46.7 Å². The number of piperidine rings is 1. The summed E-state index contributed by atoms with van der Waals surface area (Å²) in [6, 6.07) is 6.57. The summed E-state index contributed by atoms with van der Waals surface area (Å²) < 4.78 is 0. The molecule has 1 unspecified atom stereocenters. The number of halogens is 1. The minimum absolute atomic E-state index is 0.487. The van der Waals surface area contributed by atoms with Crippen LogP contribution in [0.3, 0.4) is 0 Å². The van der Waals surface area contributed by atoms with Gasteiger partial charge < -0.3 is 16.0 Å². The normalized spacial score (nSPS) is 18.9. The molecular formula is C15H22ClN3. The number of hydrogen-bond acceptors (Lipinski definition) is 3. The smallest absolute Gasteiger partial charge is 0.0917 e. The van der Waals surface area contributed by atoms with Gasteiger partial charge in [-0.25, -0.2) is 0 Å². The van der Waals surface area contributed by atoms with E-state index >= 15 is 0 Å². The zero-order valence-electron chi connectivity index (χ0n) is 11.4. The van der Waals surface area contributed by atoms with Crippen molar-refractivity contribution in [3.8, 4) is 0 Å². The second-order valence-corrected chi connectivity index (χ2v) is 5.51. The summed E-state index contributed by atoms with van der Waals surface area (Å²) in [5.41, 5.74) is 2.32. The fraction of sp³-hybridized carbons (Fsp3) is 0.467. The Labute approximate surface area is 120 Å². The van der Waals surface area contributed by atoms with E-state index in [1.54, 1.807) is 0 Å². The van der Waals surface area contributed by atoms with Gasteiger partial charge in [0.2, 0.25) is 0 Å². The van der Waals surface area contributed by atoms with Crippen LogP contribution in [0.15, 0.2) is 30.6 Å². The first-order valence-electron chi connectivity index (χ1n) is 6.80. The molecule has 1 aromatic carbocycles. The number of aryl methyl sites for hydroxylation is 1. The summed E-state index contributed by atoms with van der Waals surface area (Å²) >= 11 is 6.01. The van der Waals surface area contributed by atoms with Gasteiger partial charge in [0.25, 0.3) is 0 Å². The quantitative estimate of drug-likeness (QED) is 0.775. The van der Waals surface area contributed by atoms with Crippen LogP contribution in [0.1, 0.15) is 24.0 Å². The van der Waals surface area contributed by atoms with Crippen molar-refractivity contribution in [1.29, 1.82) is 0 Å². The topological polar surface area (TPSA) is 36.1 Å². The Hall–Kier alpha value is -1.19. The lowest BCUT2D eigenvalue weighted by molar-refractivity contribution is 0.405. The van der Waals surface area contributed by atoms with Crippen molar-refractivity contribution in [3.63, 3.8) is 0 Å². The molecule has 0 amide bonds. The Kier molecular flexibility index (Phi) is 5.11. The van der Waals surface area contributed by atoms with Gasteiger partial charge in [0, 0.05) is 24.2 Å². The van der Waals surface area contributed by atoms with Gasteiger partial charge in [-0.3, -0.25) is 0 Å². The van der Waals surface area contributed by atoms with Crippen LogP contribution in [0, 0.1) is 6.92 Å². The van der Waals surface area contributed by atoms with E-state index in [1.807, 2.05) is 19.1 Å². The van der Waals surface area contributed by atoms with E-state index in [0.717, 1.165) is 36.0 Å². The molecule has 1 fully saturated rings. The zero-order valence-corrected chi connectivity index (χ0v) is 12.2. The van der Waals surface area contributed by atoms with Gasteiger partial charge in [0.1, 0.15) is 0 Å². The Balaban J connectivity index is 1.77. The summed E-state index contributed by atoms with van der Waals surface area (Å²) in [5, 5.41) is 10.9. The minimum Gasteiger partial charge on any atom is -0.368 e. The molecule has 1 atom stereocenters. The highest BCUT2D eigenvalue weighted by Gasteiger charge is 2.12. The van der Waals surface area contributed by atoms with Crippen LogP contribution >= 0.6 is 11.6 Å². The van der Waals surface area contributed by atoms with E-state index < -0.39 is 0 Å². The monoisotopic (exact) mass is 279 g/mol. The average Bonchev–Trinajstić information content (AvgIpc) is 2.41. The Morgan fingerprint density at radius 1 is 1.53 bits per heavy atom. The predicted molar refractivity (Wildman–Crippen MR) is 81.2 cm³/mol. The molecule has 0 saturated carbocycles. The molecule has 2 rings (SSSR count). The van der Waals surface area contributed by atoms with E-state index in [1.165, 1.54) is 18.4 Å². The molecule has 1 aliphatic heterocycles. The molecule has 1 aromatic rings. The van der Waals surface area contributed by atoms with Gasteiger partial charge in [-0.15, -0.1) is 0 Å². The highest BCUT2D eigenvalue weighted by molar-refractivity contribution is 6.31. The Bertz CT molecular complexity index is 439. The van der Waals surface area contributed by atoms with Crippen molar-refractivity contribution < 1.29 is 0 Å². The second kappa shape index (κ2) is 6.83. The van der Waals surface area contributed by atoms with Crippen molar-refractivity contribution in [2.75, 3.05) is 13.1 Å². The number of hydrogen-bond donors (Lipinski definition) is 3. The van der Waals surface area contributed by atoms with Gasteiger partial charge in [0.05, 0.1) is 5.82 Å². The van der Waals surface area contributed by atoms with Crippen LogP contribution in [0.25, 0.3) is 0 Å². The Morgan fingerprint density at radius 2 is 2.37 bits per heavy atom. The number of benzene rings is 1. The molecule has 19 heavy (non-hydrogen) atoms. The lowest BCUT2D eigenvalue weighted by atomic mass is 10.1. The number of rotatable bonds is 5. The van der Waals surface area contributed by atoms with Gasteiger partial charge in [-0.05, 0) is 43.5 Å². The third kappa shape index (κ3) is 4.44. The third-order valence-corrected chi connectivity index (χ3v) is 3.83. The maximum absolute atomic E-state index is 6.01. The summed E-state index contributed by atoms with van der Waals surface area (Å²) in [6.07, 6.45) is 2.43. The summed E-state index contributed by atoms with van der Waals surface area (Å²) in [4.78, 5) is 0. The molecule has 0 radical (unpaired) electrons. The molecule has 1 heterocycles. The van der Waals surface area contributed by atoms with Crippen LogP contribution in [0.4, 0.5) is 0 Å².